The number of nitrogens with zero attached hydrogens (tertiary/aromatic N) is 3. The highest BCUT2D eigenvalue weighted by Gasteiger charge is 2.22. The SMILES string of the molecule is Cc1nn2c(Cl)c3c(nc2c1-c1ccccc1F)CCCC3. The molecular weight excluding hydrogens is 301 g/mol. The average Bonchev–Trinajstić information content (AvgIpc) is 2.85. The summed E-state index contributed by atoms with van der Waals surface area (Å²) >= 11 is 6.54. The molecule has 1 aromatic carbocycles. The van der Waals surface area contributed by atoms with Gasteiger partial charge in [-0.1, -0.05) is 29.8 Å². The van der Waals surface area contributed by atoms with Gasteiger partial charge in [0.1, 0.15) is 11.0 Å². The van der Waals surface area contributed by atoms with Gasteiger partial charge in [-0.05, 0) is 38.7 Å². The second-order valence-corrected chi connectivity index (χ2v) is 6.07. The van der Waals surface area contributed by atoms with Crippen LogP contribution in [0.15, 0.2) is 24.3 Å². The molecule has 112 valence electrons. The molecule has 0 atom stereocenters. The predicted molar refractivity (Wildman–Crippen MR) is 84.8 cm³/mol. The second-order valence-electron chi connectivity index (χ2n) is 5.71. The van der Waals surface area contributed by atoms with E-state index in [0.29, 0.717) is 16.4 Å². The number of aromatic nitrogens is 3. The van der Waals surface area contributed by atoms with Crippen LogP contribution in [0.5, 0.6) is 0 Å². The Morgan fingerprint density at radius 3 is 2.77 bits per heavy atom. The molecule has 0 radical (unpaired) electrons. The lowest BCUT2D eigenvalue weighted by atomic mass is 9.97. The molecule has 0 saturated carbocycles. The lowest BCUT2D eigenvalue weighted by Crippen LogP contribution is -2.10. The van der Waals surface area contributed by atoms with Crippen LogP contribution in [0.3, 0.4) is 0 Å². The number of aryl methyl sites for hydroxylation is 2. The van der Waals surface area contributed by atoms with E-state index < -0.39 is 0 Å². The molecule has 2 heterocycles. The van der Waals surface area contributed by atoms with Gasteiger partial charge in [-0.25, -0.2) is 13.9 Å². The summed E-state index contributed by atoms with van der Waals surface area (Å²) in [5.41, 5.74) is 4.75. The van der Waals surface area contributed by atoms with Gasteiger partial charge >= 0.3 is 0 Å². The molecule has 3 nitrogen and oxygen atoms in total. The Balaban J connectivity index is 2.06. The molecule has 0 spiro atoms. The van der Waals surface area contributed by atoms with E-state index in [2.05, 4.69) is 5.10 Å². The number of hydrogen-bond acceptors (Lipinski definition) is 2. The Labute approximate surface area is 132 Å². The minimum Gasteiger partial charge on any atom is -0.233 e. The third-order valence-corrected chi connectivity index (χ3v) is 4.68. The van der Waals surface area contributed by atoms with E-state index in [9.17, 15) is 4.39 Å². The standard InChI is InChI=1S/C17H15ClFN3/c1-10-15(11-6-2-4-8-13(11)19)17-20-14-9-5-3-7-12(14)16(18)22(17)21-10/h2,4,6,8H,3,5,7,9H2,1H3. The van der Waals surface area contributed by atoms with Crippen molar-refractivity contribution in [2.24, 2.45) is 0 Å². The van der Waals surface area contributed by atoms with Gasteiger partial charge < -0.3 is 0 Å². The molecular formula is C17H15ClFN3. The summed E-state index contributed by atoms with van der Waals surface area (Å²) in [5.74, 6) is -0.267. The van der Waals surface area contributed by atoms with Crippen molar-refractivity contribution in [1.82, 2.24) is 14.6 Å². The van der Waals surface area contributed by atoms with E-state index in [0.717, 1.165) is 48.2 Å². The van der Waals surface area contributed by atoms with Crippen LogP contribution in [-0.2, 0) is 12.8 Å². The van der Waals surface area contributed by atoms with E-state index in [-0.39, 0.29) is 5.82 Å². The molecule has 5 heteroatoms. The molecule has 0 aliphatic heterocycles. The van der Waals surface area contributed by atoms with Crippen LogP contribution in [0.1, 0.15) is 29.8 Å². The zero-order chi connectivity index (χ0) is 15.3. The van der Waals surface area contributed by atoms with Crippen LogP contribution in [0, 0.1) is 12.7 Å². The molecule has 1 aliphatic rings. The summed E-state index contributed by atoms with van der Waals surface area (Å²) in [4.78, 5) is 4.76. The van der Waals surface area contributed by atoms with Gasteiger partial charge in [0, 0.05) is 16.8 Å². The summed E-state index contributed by atoms with van der Waals surface area (Å²) in [6.07, 6.45) is 4.10. The maximum absolute atomic E-state index is 14.2. The van der Waals surface area contributed by atoms with Crippen molar-refractivity contribution in [1.29, 1.82) is 0 Å². The topological polar surface area (TPSA) is 30.2 Å². The number of halogens is 2. The third-order valence-electron chi connectivity index (χ3n) is 4.29. The van der Waals surface area contributed by atoms with E-state index in [4.69, 9.17) is 16.6 Å². The molecule has 0 amide bonds. The Kier molecular flexibility index (Phi) is 3.15. The van der Waals surface area contributed by atoms with Gasteiger partial charge in [0.05, 0.1) is 11.3 Å². The van der Waals surface area contributed by atoms with Crippen LogP contribution in [-0.4, -0.2) is 14.6 Å². The van der Waals surface area contributed by atoms with Gasteiger partial charge in [-0.3, -0.25) is 0 Å². The fraction of sp³-hybridized carbons (Fsp3) is 0.294. The zero-order valence-electron chi connectivity index (χ0n) is 12.2. The van der Waals surface area contributed by atoms with Gasteiger partial charge in [0.2, 0.25) is 0 Å². The molecule has 0 fully saturated rings. The Bertz CT molecular complexity index is 885. The lowest BCUT2D eigenvalue weighted by Gasteiger charge is -2.16. The minimum atomic E-state index is -0.267. The molecule has 0 N–H and O–H groups in total. The fourth-order valence-electron chi connectivity index (χ4n) is 3.23. The molecule has 0 saturated heterocycles. The maximum Gasteiger partial charge on any atom is 0.165 e. The fourth-order valence-corrected chi connectivity index (χ4v) is 3.55. The maximum atomic E-state index is 14.2. The minimum absolute atomic E-state index is 0.267. The van der Waals surface area contributed by atoms with Crippen molar-refractivity contribution in [3.8, 4) is 11.1 Å². The highest BCUT2D eigenvalue weighted by molar-refractivity contribution is 6.30. The van der Waals surface area contributed by atoms with Crippen LogP contribution in [0.25, 0.3) is 16.8 Å². The number of fused-ring (bicyclic) bond motifs is 2. The summed E-state index contributed by atoms with van der Waals surface area (Å²) in [6, 6.07) is 6.72. The van der Waals surface area contributed by atoms with Crippen LogP contribution in [0.4, 0.5) is 4.39 Å². The van der Waals surface area contributed by atoms with E-state index in [1.807, 2.05) is 13.0 Å². The molecule has 3 aromatic rings. The van der Waals surface area contributed by atoms with Gasteiger partial charge in [0.15, 0.2) is 5.65 Å². The predicted octanol–water partition coefficient (Wildman–Crippen LogP) is 4.38. The summed E-state index contributed by atoms with van der Waals surface area (Å²) in [7, 11) is 0. The lowest BCUT2D eigenvalue weighted by molar-refractivity contribution is 0.631. The van der Waals surface area contributed by atoms with Crippen molar-refractivity contribution in [2.75, 3.05) is 0 Å². The number of rotatable bonds is 1. The average molecular weight is 316 g/mol. The number of benzene rings is 1. The Morgan fingerprint density at radius 2 is 1.95 bits per heavy atom. The number of hydrogen-bond donors (Lipinski definition) is 0. The Hall–Kier alpha value is -1.94. The Morgan fingerprint density at radius 1 is 1.18 bits per heavy atom. The highest BCUT2D eigenvalue weighted by Crippen LogP contribution is 2.34. The summed E-state index contributed by atoms with van der Waals surface area (Å²) < 4.78 is 15.9. The van der Waals surface area contributed by atoms with Crippen molar-refractivity contribution in [2.45, 2.75) is 32.6 Å². The van der Waals surface area contributed by atoms with Crippen LogP contribution < -0.4 is 0 Å². The monoisotopic (exact) mass is 315 g/mol. The molecule has 4 rings (SSSR count). The quantitative estimate of drug-likeness (QED) is 0.624. The van der Waals surface area contributed by atoms with Crippen LogP contribution in [0.2, 0.25) is 5.15 Å². The van der Waals surface area contributed by atoms with Crippen molar-refractivity contribution < 1.29 is 4.39 Å². The summed E-state index contributed by atoms with van der Waals surface area (Å²) in [6.45, 7) is 1.87. The molecule has 0 unspecified atom stereocenters. The van der Waals surface area contributed by atoms with Crippen molar-refractivity contribution in [3.63, 3.8) is 0 Å². The molecule has 22 heavy (non-hydrogen) atoms. The zero-order valence-corrected chi connectivity index (χ0v) is 13.0. The smallest absolute Gasteiger partial charge is 0.165 e. The first-order valence-corrected chi connectivity index (χ1v) is 7.86. The highest BCUT2D eigenvalue weighted by atomic mass is 35.5. The summed E-state index contributed by atoms with van der Waals surface area (Å²) in [5, 5.41) is 5.11. The van der Waals surface area contributed by atoms with Crippen LogP contribution >= 0.6 is 11.6 Å². The van der Waals surface area contributed by atoms with E-state index >= 15 is 0 Å². The van der Waals surface area contributed by atoms with Gasteiger partial charge in [-0.2, -0.15) is 5.10 Å². The van der Waals surface area contributed by atoms with Gasteiger partial charge in [0.25, 0.3) is 0 Å². The second kappa shape index (κ2) is 5.06. The largest absolute Gasteiger partial charge is 0.233 e. The van der Waals surface area contributed by atoms with Crippen molar-refractivity contribution in [3.05, 3.63) is 52.2 Å². The van der Waals surface area contributed by atoms with Crippen molar-refractivity contribution >= 4 is 17.2 Å². The first-order chi connectivity index (χ1) is 10.7. The molecule has 0 bridgehead atoms. The van der Waals surface area contributed by atoms with E-state index in [1.54, 1.807) is 16.6 Å². The van der Waals surface area contributed by atoms with E-state index in [1.165, 1.54) is 6.07 Å². The first-order valence-electron chi connectivity index (χ1n) is 7.48. The van der Waals surface area contributed by atoms with Gasteiger partial charge in [-0.15, -0.1) is 0 Å². The third kappa shape index (κ3) is 1.94. The molecule has 2 aromatic heterocycles. The molecule has 1 aliphatic carbocycles. The normalized spacial score (nSPS) is 14.3. The first kappa shape index (κ1) is 13.7.